The first-order valence-corrected chi connectivity index (χ1v) is 7.55. The van der Waals surface area contributed by atoms with Gasteiger partial charge < -0.3 is 5.11 Å². The number of hydrogen-bond donors (Lipinski definition) is 1. The van der Waals surface area contributed by atoms with Crippen molar-refractivity contribution in [2.24, 2.45) is 26.1 Å². The summed E-state index contributed by atoms with van der Waals surface area (Å²) in [6.45, 7) is 0. The molecule has 26 heavy (non-hydrogen) atoms. The lowest BCUT2D eigenvalue weighted by Gasteiger charge is -2.13. The van der Waals surface area contributed by atoms with Gasteiger partial charge in [0, 0.05) is 27.4 Å². The second-order valence-electron chi connectivity index (χ2n) is 5.77. The van der Waals surface area contributed by atoms with Crippen LogP contribution < -0.4 is 16.8 Å². The Labute approximate surface area is 145 Å². The maximum Gasteiger partial charge on any atom is 0.332 e. The summed E-state index contributed by atoms with van der Waals surface area (Å²) in [5.41, 5.74) is -1.83. The third kappa shape index (κ3) is 2.53. The van der Waals surface area contributed by atoms with Crippen molar-refractivity contribution in [1.29, 1.82) is 0 Å². The Hall–Kier alpha value is -3.49. The fourth-order valence-corrected chi connectivity index (χ4v) is 2.73. The van der Waals surface area contributed by atoms with Crippen molar-refractivity contribution >= 4 is 22.9 Å². The maximum absolute atomic E-state index is 12.9. The number of halogens is 1. The van der Waals surface area contributed by atoms with Gasteiger partial charge in [0.15, 0.2) is 0 Å². The topological polar surface area (TPSA) is 98.6 Å². The second-order valence-corrected chi connectivity index (χ2v) is 5.77. The summed E-state index contributed by atoms with van der Waals surface area (Å²) in [7, 11) is 4.06. The van der Waals surface area contributed by atoms with Gasteiger partial charge in [0.05, 0.1) is 5.69 Å². The van der Waals surface area contributed by atoms with E-state index in [1.54, 1.807) is 0 Å². The molecule has 1 N–H and O–H groups in total. The molecule has 0 saturated carbocycles. The lowest BCUT2D eigenvalue weighted by Crippen LogP contribution is -2.40. The van der Waals surface area contributed by atoms with E-state index in [0.717, 1.165) is 19.9 Å². The van der Waals surface area contributed by atoms with Gasteiger partial charge in [-0.15, -0.1) is 0 Å². The summed E-state index contributed by atoms with van der Waals surface area (Å²) in [6.07, 6.45) is 1.11. The maximum atomic E-state index is 12.9. The molecule has 2 heterocycles. The number of fused-ring (bicyclic) bond motifs is 1. The molecule has 0 atom stereocenters. The minimum Gasteiger partial charge on any atom is -0.506 e. The normalized spacial score (nSPS) is 11.5. The van der Waals surface area contributed by atoms with Crippen LogP contribution in [-0.4, -0.2) is 25.0 Å². The first-order valence-electron chi connectivity index (χ1n) is 7.55. The molecule has 3 rings (SSSR count). The average molecular weight is 358 g/mol. The molecule has 0 aliphatic carbocycles. The summed E-state index contributed by atoms with van der Waals surface area (Å²) in [5, 5.41) is 10.3. The Bertz CT molecular complexity index is 1230. The standard InChI is InChI=1S/C17H15FN4O4/c1-20-14-12(16(25)22(3)17(26)21(14)2)13(23)11(15(20)24)8-19-10-6-4-9(18)5-7-10/h4-8,23H,1-3H3. The Morgan fingerprint density at radius 2 is 1.58 bits per heavy atom. The monoisotopic (exact) mass is 358 g/mol. The number of pyridine rings is 1. The Morgan fingerprint density at radius 3 is 2.19 bits per heavy atom. The van der Waals surface area contributed by atoms with Crippen LogP contribution in [0, 0.1) is 5.82 Å². The Morgan fingerprint density at radius 1 is 0.962 bits per heavy atom. The molecule has 0 unspecified atom stereocenters. The van der Waals surface area contributed by atoms with E-state index in [-0.39, 0.29) is 16.6 Å². The van der Waals surface area contributed by atoms with Crippen molar-refractivity contribution in [3.8, 4) is 5.75 Å². The fraction of sp³-hybridized carbons (Fsp3) is 0.176. The van der Waals surface area contributed by atoms with Crippen LogP contribution in [0.2, 0.25) is 0 Å². The summed E-state index contributed by atoms with van der Waals surface area (Å²) in [5.74, 6) is -0.997. The Kier molecular flexibility index (Phi) is 4.07. The smallest absolute Gasteiger partial charge is 0.332 e. The average Bonchev–Trinajstić information content (AvgIpc) is 2.62. The molecule has 0 aliphatic heterocycles. The highest BCUT2D eigenvalue weighted by Gasteiger charge is 2.20. The van der Waals surface area contributed by atoms with E-state index in [4.69, 9.17) is 0 Å². The van der Waals surface area contributed by atoms with Gasteiger partial charge in [-0.25, -0.2) is 9.18 Å². The van der Waals surface area contributed by atoms with E-state index in [1.165, 1.54) is 45.4 Å². The number of nitrogens with zero attached hydrogens (tertiary/aromatic N) is 4. The van der Waals surface area contributed by atoms with Crippen molar-refractivity contribution in [2.45, 2.75) is 0 Å². The van der Waals surface area contributed by atoms with E-state index < -0.39 is 28.4 Å². The van der Waals surface area contributed by atoms with E-state index >= 15 is 0 Å². The predicted molar refractivity (Wildman–Crippen MR) is 95.0 cm³/mol. The zero-order valence-electron chi connectivity index (χ0n) is 14.2. The van der Waals surface area contributed by atoms with Gasteiger partial charge >= 0.3 is 5.69 Å². The van der Waals surface area contributed by atoms with Crippen LogP contribution >= 0.6 is 0 Å². The van der Waals surface area contributed by atoms with Gasteiger partial charge in [-0.05, 0) is 24.3 Å². The third-order valence-corrected chi connectivity index (χ3v) is 4.15. The van der Waals surface area contributed by atoms with Crippen LogP contribution in [0.3, 0.4) is 0 Å². The first kappa shape index (κ1) is 17.3. The van der Waals surface area contributed by atoms with Gasteiger partial charge in [-0.2, -0.15) is 0 Å². The molecule has 8 nitrogen and oxygen atoms in total. The van der Waals surface area contributed by atoms with Crippen LogP contribution in [0.4, 0.5) is 10.1 Å². The zero-order valence-corrected chi connectivity index (χ0v) is 14.2. The number of aromatic hydroxyl groups is 1. The van der Waals surface area contributed by atoms with E-state index in [1.807, 2.05) is 0 Å². The highest BCUT2D eigenvalue weighted by molar-refractivity contribution is 5.94. The largest absolute Gasteiger partial charge is 0.506 e. The van der Waals surface area contributed by atoms with Gasteiger partial charge in [0.25, 0.3) is 11.1 Å². The molecule has 0 radical (unpaired) electrons. The van der Waals surface area contributed by atoms with Crippen molar-refractivity contribution in [3.63, 3.8) is 0 Å². The van der Waals surface area contributed by atoms with Crippen LogP contribution in [0.25, 0.3) is 11.0 Å². The number of hydrogen-bond acceptors (Lipinski definition) is 5. The van der Waals surface area contributed by atoms with E-state index in [0.29, 0.717) is 5.69 Å². The van der Waals surface area contributed by atoms with E-state index in [9.17, 15) is 23.9 Å². The van der Waals surface area contributed by atoms with Crippen molar-refractivity contribution in [3.05, 3.63) is 66.8 Å². The molecule has 0 fully saturated rings. The van der Waals surface area contributed by atoms with Crippen molar-refractivity contribution in [2.75, 3.05) is 0 Å². The SMILES string of the molecule is Cn1c(=O)c2c(O)c(C=Nc3ccc(F)cc3)c(=O)n(C)c2n(C)c1=O. The van der Waals surface area contributed by atoms with Gasteiger partial charge in [0.1, 0.15) is 28.2 Å². The molecule has 0 bridgehead atoms. The molecule has 0 saturated heterocycles. The third-order valence-electron chi connectivity index (χ3n) is 4.15. The quantitative estimate of drug-likeness (QED) is 0.676. The number of rotatable bonds is 2. The highest BCUT2D eigenvalue weighted by atomic mass is 19.1. The van der Waals surface area contributed by atoms with E-state index in [2.05, 4.69) is 4.99 Å². The predicted octanol–water partition coefficient (Wildman–Crippen LogP) is 0.531. The lowest BCUT2D eigenvalue weighted by molar-refractivity contribution is 0.476. The zero-order chi connectivity index (χ0) is 19.2. The van der Waals surface area contributed by atoms with Crippen LogP contribution in [0.5, 0.6) is 5.75 Å². The number of aliphatic imine (C=N–C) groups is 1. The molecule has 0 amide bonds. The molecule has 0 spiro atoms. The van der Waals surface area contributed by atoms with Crippen molar-refractivity contribution < 1.29 is 9.50 Å². The highest BCUT2D eigenvalue weighted by Crippen LogP contribution is 2.21. The number of aryl methyl sites for hydroxylation is 2. The molecule has 134 valence electrons. The van der Waals surface area contributed by atoms with Crippen LogP contribution in [0.15, 0.2) is 43.6 Å². The molecule has 3 aromatic rings. The number of benzene rings is 1. The van der Waals surface area contributed by atoms with Crippen LogP contribution in [-0.2, 0) is 21.1 Å². The van der Waals surface area contributed by atoms with Gasteiger partial charge in [-0.1, -0.05) is 0 Å². The lowest BCUT2D eigenvalue weighted by atomic mass is 10.2. The molecule has 9 heteroatoms. The molecular formula is C17H15FN4O4. The number of aromatic nitrogens is 3. The second kappa shape index (κ2) is 6.10. The van der Waals surface area contributed by atoms with Gasteiger partial charge in [-0.3, -0.25) is 28.3 Å². The summed E-state index contributed by atoms with van der Waals surface area (Å²) >= 11 is 0. The Balaban J connectivity index is 2.35. The summed E-state index contributed by atoms with van der Waals surface area (Å²) < 4.78 is 16.0. The van der Waals surface area contributed by atoms with Gasteiger partial charge in [0.2, 0.25) is 0 Å². The first-order chi connectivity index (χ1) is 12.2. The fourth-order valence-electron chi connectivity index (χ4n) is 2.73. The molecule has 1 aromatic carbocycles. The summed E-state index contributed by atoms with van der Waals surface area (Å²) in [6, 6.07) is 5.21. The van der Waals surface area contributed by atoms with Crippen molar-refractivity contribution in [1.82, 2.24) is 13.7 Å². The van der Waals surface area contributed by atoms with Crippen LogP contribution in [0.1, 0.15) is 5.56 Å². The minimum atomic E-state index is -0.729. The molecule has 0 aliphatic rings. The minimum absolute atomic E-state index is 0.000433. The summed E-state index contributed by atoms with van der Waals surface area (Å²) in [4.78, 5) is 41.1. The molecule has 2 aromatic heterocycles. The molecular weight excluding hydrogens is 343 g/mol.